The van der Waals surface area contributed by atoms with Gasteiger partial charge < -0.3 is 0 Å². The van der Waals surface area contributed by atoms with Crippen molar-refractivity contribution in [3.63, 3.8) is 0 Å². The molecule has 0 aromatic rings. The van der Waals surface area contributed by atoms with Crippen LogP contribution in [-0.4, -0.2) is 10.7 Å². The molecule has 0 fully saturated rings. The number of halogens is 2. The minimum Gasteiger partial charge on any atom is -0.0928 e. The number of hydrogen-bond acceptors (Lipinski definition) is 0. The molecular weight excluding hydrogens is 210 g/mol. The topological polar surface area (TPSA) is 0 Å². The molecule has 0 aliphatic heterocycles. The number of alkyl halides is 2. The summed E-state index contributed by atoms with van der Waals surface area (Å²) in [5.41, 5.74) is 0. The van der Waals surface area contributed by atoms with Crippen molar-refractivity contribution in [3.05, 3.63) is 0 Å². The van der Waals surface area contributed by atoms with Crippen LogP contribution in [0, 0.1) is 0 Å². The normalized spacial score (nSPS) is 9.00. The second-order valence-electron chi connectivity index (χ2n) is 1.09. The van der Waals surface area contributed by atoms with Crippen molar-refractivity contribution < 1.29 is 0 Å². The van der Waals surface area contributed by atoms with Gasteiger partial charge in [-0.3, -0.25) is 0 Å². The minimum atomic E-state index is 1.14. The van der Waals surface area contributed by atoms with Crippen LogP contribution in [0.3, 0.4) is 0 Å². The van der Waals surface area contributed by atoms with Gasteiger partial charge in [0.15, 0.2) is 0 Å². The molecule has 38 valence electrons. The summed E-state index contributed by atoms with van der Waals surface area (Å²) >= 11 is 6.66. The maximum Gasteiger partial charge on any atom is 0.00315 e. The molecule has 0 amide bonds. The zero-order valence-electron chi connectivity index (χ0n) is 3.58. The van der Waals surface area contributed by atoms with Crippen molar-refractivity contribution in [1.82, 2.24) is 0 Å². The first-order valence-electron chi connectivity index (χ1n) is 2.03. The Balaban J connectivity index is 2.34. The Morgan fingerprint density at radius 2 is 1.17 bits per heavy atom. The summed E-state index contributed by atoms with van der Waals surface area (Å²) < 4.78 is 0. The Hall–Kier alpha value is 0.960. The highest BCUT2D eigenvalue weighted by Crippen LogP contribution is 1.95. The third kappa shape index (κ3) is 4.96. The summed E-state index contributed by atoms with van der Waals surface area (Å²) in [7, 11) is 0. The highest BCUT2D eigenvalue weighted by molar-refractivity contribution is 9.09. The van der Waals surface area contributed by atoms with E-state index in [9.17, 15) is 0 Å². The molecule has 6 heavy (non-hydrogen) atoms. The van der Waals surface area contributed by atoms with Gasteiger partial charge in [-0.05, 0) is 12.8 Å². The van der Waals surface area contributed by atoms with E-state index in [0.29, 0.717) is 0 Å². The zero-order chi connectivity index (χ0) is 4.83. The van der Waals surface area contributed by atoms with Gasteiger partial charge in [0.1, 0.15) is 0 Å². The van der Waals surface area contributed by atoms with E-state index in [1.54, 1.807) is 0 Å². The number of rotatable bonds is 3. The van der Waals surface area contributed by atoms with Gasteiger partial charge in [0.2, 0.25) is 0 Å². The molecule has 0 aromatic heterocycles. The standard InChI is InChI=1S/C4H8Br2/c5-3-1-2-4-6/h1-4H2/i3+1,4+1. The summed E-state index contributed by atoms with van der Waals surface area (Å²) in [5, 5.41) is 2.28. The Kier molecular flexibility index (Phi) is 6.91. The Bertz CT molecular complexity index is 17.5. The van der Waals surface area contributed by atoms with Gasteiger partial charge in [0.25, 0.3) is 0 Å². The molecule has 0 unspecified atom stereocenters. The summed E-state index contributed by atoms with van der Waals surface area (Å²) in [6.07, 6.45) is 2.57. The lowest BCUT2D eigenvalue weighted by Gasteiger charge is -1.83. The first kappa shape index (κ1) is 6.96. The van der Waals surface area contributed by atoms with Crippen LogP contribution in [0.15, 0.2) is 0 Å². The van der Waals surface area contributed by atoms with Crippen molar-refractivity contribution >= 4 is 31.9 Å². The fourth-order valence-corrected chi connectivity index (χ4v) is 0.982. The molecule has 2 heteroatoms. The fourth-order valence-electron chi connectivity index (χ4n) is 0.189. The van der Waals surface area contributed by atoms with Gasteiger partial charge in [-0.1, -0.05) is 31.9 Å². The van der Waals surface area contributed by atoms with Crippen LogP contribution in [-0.2, 0) is 0 Å². The summed E-state index contributed by atoms with van der Waals surface area (Å²) in [5.74, 6) is 0. The summed E-state index contributed by atoms with van der Waals surface area (Å²) in [6, 6.07) is 0. The smallest absolute Gasteiger partial charge is 0.00315 e. The van der Waals surface area contributed by atoms with Crippen molar-refractivity contribution in [2.45, 2.75) is 12.8 Å². The summed E-state index contributed by atoms with van der Waals surface area (Å²) in [4.78, 5) is 0. The molecular formula is C4H8Br2. The maximum absolute atomic E-state index is 3.33. The molecule has 0 heterocycles. The summed E-state index contributed by atoms with van der Waals surface area (Å²) in [6.45, 7) is 0. The highest BCUT2D eigenvalue weighted by atomic mass is 79.9. The van der Waals surface area contributed by atoms with Gasteiger partial charge in [-0.25, -0.2) is 0 Å². The van der Waals surface area contributed by atoms with Crippen LogP contribution < -0.4 is 0 Å². The maximum atomic E-state index is 3.33. The molecule has 0 atom stereocenters. The lowest BCUT2D eigenvalue weighted by molar-refractivity contribution is 0.919. The van der Waals surface area contributed by atoms with Gasteiger partial charge in [-0.15, -0.1) is 0 Å². The molecule has 0 aliphatic rings. The van der Waals surface area contributed by atoms with E-state index in [4.69, 9.17) is 0 Å². The Morgan fingerprint density at radius 1 is 0.833 bits per heavy atom. The van der Waals surface area contributed by atoms with Crippen molar-refractivity contribution in [2.24, 2.45) is 0 Å². The van der Waals surface area contributed by atoms with Gasteiger partial charge in [0, 0.05) is 10.7 Å². The second-order valence-corrected chi connectivity index (χ2v) is 2.67. The van der Waals surface area contributed by atoms with Gasteiger partial charge >= 0.3 is 0 Å². The highest BCUT2D eigenvalue weighted by Gasteiger charge is 1.77. The van der Waals surface area contributed by atoms with Crippen LogP contribution in [0.1, 0.15) is 12.8 Å². The fraction of sp³-hybridized carbons (Fsp3) is 1.00. The molecule has 0 nitrogen and oxygen atoms in total. The number of unbranched alkanes of at least 4 members (excludes halogenated alkanes) is 1. The first-order valence-corrected chi connectivity index (χ1v) is 4.28. The quantitative estimate of drug-likeness (QED) is 0.388. The number of hydrogen-bond donors (Lipinski definition) is 0. The van der Waals surface area contributed by atoms with E-state index in [0.717, 1.165) is 10.7 Å². The van der Waals surface area contributed by atoms with Gasteiger partial charge in [0.05, 0.1) is 0 Å². The van der Waals surface area contributed by atoms with E-state index in [-0.39, 0.29) is 0 Å². The average molecular weight is 218 g/mol. The van der Waals surface area contributed by atoms with Crippen LogP contribution in [0.2, 0.25) is 0 Å². The van der Waals surface area contributed by atoms with Crippen molar-refractivity contribution in [3.8, 4) is 0 Å². The molecule has 0 rings (SSSR count). The van der Waals surface area contributed by atoms with Crippen LogP contribution >= 0.6 is 31.9 Å². The Labute approximate surface area is 55.6 Å². The predicted molar refractivity (Wildman–Crippen MR) is 36.8 cm³/mol. The third-order valence-corrected chi connectivity index (χ3v) is 1.64. The molecule has 0 bridgehead atoms. The van der Waals surface area contributed by atoms with E-state index in [1.807, 2.05) is 0 Å². The van der Waals surface area contributed by atoms with Crippen LogP contribution in [0.5, 0.6) is 0 Å². The van der Waals surface area contributed by atoms with E-state index in [1.165, 1.54) is 12.8 Å². The monoisotopic (exact) mass is 216 g/mol. The molecule has 0 aliphatic carbocycles. The molecule has 0 aromatic carbocycles. The van der Waals surface area contributed by atoms with Gasteiger partial charge in [-0.2, -0.15) is 0 Å². The SMILES string of the molecule is Br[13CH2]CC[13CH2]Br. The largest absolute Gasteiger partial charge is 0.0928 e. The first-order chi connectivity index (χ1) is 2.91. The van der Waals surface area contributed by atoms with Crippen molar-refractivity contribution in [1.29, 1.82) is 0 Å². The molecule has 0 N–H and O–H groups in total. The average Bonchev–Trinajstić information content (AvgIpc) is 1.61. The molecule has 0 spiro atoms. The lowest BCUT2D eigenvalue weighted by atomic mass is 10.6. The molecule has 0 saturated heterocycles. The van der Waals surface area contributed by atoms with E-state index < -0.39 is 0 Å². The van der Waals surface area contributed by atoms with Crippen molar-refractivity contribution in [2.75, 3.05) is 10.7 Å². The van der Waals surface area contributed by atoms with E-state index in [2.05, 4.69) is 31.9 Å². The zero-order valence-corrected chi connectivity index (χ0v) is 6.76. The van der Waals surface area contributed by atoms with E-state index >= 15 is 0 Å². The predicted octanol–water partition coefficient (Wildman–Crippen LogP) is 2.56. The molecule has 0 saturated carbocycles. The van der Waals surface area contributed by atoms with Crippen LogP contribution in [0.25, 0.3) is 0 Å². The minimum absolute atomic E-state index is 1.14. The second kappa shape index (κ2) is 5.96. The molecule has 0 radical (unpaired) electrons. The van der Waals surface area contributed by atoms with Crippen LogP contribution in [0.4, 0.5) is 0 Å². The third-order valence-electron chi connectivity index (χ3n) is 0.517. The lowest BCUT2D eigenvalue weighted by Crippen LogP contribution is -1.73. The Morgan fingerprint density at radius 3 is 1.33 bits per heavy atom.